The fourth-order valence-electron chi connectivity index (χ4n) is 4.01. The molecule has 1 spiro atoms. The van der Waals surface area contributed by atoms with Gasteiger partial charge < -0.3 is 10.1 Å². The minimum Gasteiger partial charge on any atom is -0.490 e. The summed E-state index contributed by atoms with van der Waals surface area (Å²) in [6, 6.07) is 5.77. The Balaban J connectivity index is 1.75. The molecular formula is C17H24FNO. The molecule has 0 aliphatic heterocycles. The van der Waals surface area contributed by atoms with Gasteiger partial charge in [-0.15, -0.1) is 0 Å². The van der Waals surface area contributed by atoms with Crippen molar-refractivity contribution in [2.75, 3.05) is 7.05 Å². The van der Waals surface area contributed by atoms with Crippen molar-refractivity contribution in [3.05, 3.63) is 29.6 Å². The Hall–Kier alpha value is -1.09. The van der Waals surface area contributed by atoms with Gasteiger partial charge in [0, 0.05) is 23.9 Å². The summed E-state index contributed by atoms with van der Waals surface area (Å²) in [6.07, 6.45) is 7.66. The number of halogens is 1. The van der Waals surface area contributed by atoms with Gasteiger partial charge in [-0.25, -0.2) is 4.39 Å². The number of rotatable bonds is 3. The third kappa shape index (κ3) is 2.22. The molecular weight excluding hydrogens is 253 g/mol. The summed E-state index contributed by atoms with van der Waals surface area (Å²) in [5.74, 6) is 0.502. The van der Waals surface area contributed by atoms with E-state index in [0.29, 0.717) is 17.4 Å². The third-order valence-electron chi connectivity index (χ3n) is 5.34. The van der Waals surface area contributed by atoms with Crippen molar-refractivity contribution in [3.63, 3.8) is 0 Å². The Morgan fingerprint density at radius 1 is 1.25 bits per heavy atom. The van der Waals surface area contributed by atoms with Gasteiger partial charge in [0.1, 0.15) is 17.7 Å². The molecule has 2 unspecified atom stereocenters. The molecule has 0 saturated heterocycles. The van der Waals surface area contributed by atoms with E-state index in [-0.39, 0.29) is 17.3 Å². The van der Waals surface area contributed by atoms with Crippen molar-refractivity contribution in [2.45, 2.75) is 57.6 Å². The Kier molecular flexibility index (Phi) is 3.72. The monoisotopic (exact) mass is 277 g/mol. The standard InChI is InChI=1S/C17H24FNO/c1-12-6-7-13(10-14(12)18)20-16-11-15(19-2)17(16)8-4-3-5-9-17/h6-7,10,15-16,19H,3-5,8-9,11H2,1-2H3. The lowest BCUT2D eigenvalue weighted by atomic mass is 9.55. The lowest BCUT2D eigenvalue weighted by Crippen LogP contribution is -2.64. The predicted molar refractivity (Wildman–Crippen MR) is 78.5 cm³/mol. The van der Waals surface area contributed by atoms with Gasteiger partial charge in [-0.05, 0) is 38.4 Å². The second kappa shape index (κ2) is 5.36. The molecule has 0 radical (unpaired) electrons. The summed E-state index contributed by atoms with van der Waals surface area (Å²) in [6.45, 7) is 1.78. The summed E-state index contributed by atoms with van der Waals surface area (Å²) in [7, 11) is 2.04. The average molecular weight is 277 g/mol. The van der Waals surface area contributed by atoms with E-state index in [2.05, 4.69) is 5.32 Å². The second-order valence-corrected chi connectivity index (χ2v) is 6.39. The van der Waals surface area contributed by atoms with Crippen molar-refractivity contribution in [2.24, 2.45) is 5.41 Å². The second-order valence-electron chi connectivity index (χ2n) is 6.39. The fraction of sp³-hybridized carbons (Fsp3) is 0.647. The number of hydrogen-bond donors (Lipinski definition) is 1. The van der Waals surface area contributed by atoms with Gasteiger partial charge >= 0.3 is 0 Å². The van der Waals surface area contributed by atoms with Crippen LogP contribution in [-0.4, -0.2) is 19.2 Å². The average Bonchev–Trinajstić information content (AvgIpc) is 2.47. The molecule has 3 heteroatoms. The maximum atomic E-state index is 13.6. The number of nitrogens with one attached hydrogen (secondary N) is 1. The first-order valence-corrected chi connectivity index (χ1v) is 7.76. The zero-order chi connectivity index (χ0) is 14.2. The molecule has 1 aromatic rings. The number of benzene rings is 1. The quantitative estimate of drug-likeness (QED) is 0.906. The minimum atomic E-state index is -0.176. The third-order valence-corrected chi connectivity index (χ3v) is 5.34. The fourth-order valence-corrected chi connectivity index (χ4v) is 4.01. The van der Waals surface area contributed by atoms with Crippen LogP contribution in [0.3, 0.4) is 0 Å². The Bertz CT molecular complexity index is 482. The molecule has 0 bridgehead atoms. The number of aryl methyl sites for hydroxylation is 1. The van der Waals surface area contributed by atoms with E-state index in [9.17, 15) is 4.39 Å². The summed E-state index contributed by atoms with van der Waals surface area (Å²) in [5, 5.41) is 3.44. The van der Waals surface area contributed by atoms with E-state index in [1.807, 2.05) is 13.1 Å². The first kappa shape index (κ1) is 13.9. The summed E-state index contributed by atoms with van der Waals surface area (Å²) < 4.78 is 19.8. The van der Waals surface area contributed by atoms with Crippen LogP contribution in [0.4, 0.5) is 4.39 Å². The van der Waals surface area contributed by atoms with Crippen LogP contribution in [0.5, 0.6) is 5.75 Å². The van der Waals surface area contributed by atoms with Gasteiger partial charge in [0.05, 0.1) is 0 Å². The Morgan fingerprint density at radius 3 is 2.65 bits per heavy atom. The highest BCUT2D eigenvalue weighted by atomic mass is 19.1. The van der Waals surface area contributed by atoms with Gasteiger partial charge in [0.25, 0.3) is 0 Å². The van der Waals surface area contributed by atoms with E-state index < -0.39 is 0 Å². The Morgan fingerprint density at radius 2 is 2.00 bits per heavy atom. The zero-order valence-electron chi connectivity index (χ0n) is 12.4. The van der Waals surface area contributed by atoms with E-state index in [1.165, 1.54) is 38.2 Å². The highest BCUT2D eigenvalue weighted by Crippen LogP contribution is 2.53. The summed E-state index contributed by atoms with van der Waals surface area (Å²) in [4.78, 5) is 0. The predicted octanol–water partition coefficient (Wildman–Crippen LogP) is 3.82. The van der Waals surface area contributed by atoms with Crippen LogP contribution >= 0.6 is 0 Å². The lowest BCUT2D eigenvalue weighted by molar-refractivity contribution is -0.101. The lowest BCUT2D eigenvalue weighted by Gasteiger charge is -2.57. The normalized spacial score (nSPS) is 28.1. The zero-order valence-corrected chi connectivity index (χ0v) is 12.4. The van der Waals surface area contributed by atoms with E-state index in [0.717, 1.165) is 6.42 Å². The van der Waals surface area contributed by atoms with Crippen molar-refractivity contribution in [1.82, 2.24) is 5.32 Å². The van der Waals surface area contributed by atoms with Crippen LogP contribution in [0.25, 0.3) is 0 Å². The van der Waals surface area contributed by atoms with Crippen LogP contribution in [-0.2, 0) is 0 Å². The van der Waals surface area contributed by atoms with E-state index in [1.54, 1.807) is 13.0 Å². The summed E-state index contributed by atoms with van der Waals surface area (Å²) in [5.41, 5.74) is 0.945. The van der Waals surface area contributed by atoms with Gasteiger partial charge in [-0.3, -0.25) is 0 Å². The molecule has 1 N–H and O–H groups in total. The SMILES string of the molecule is CNC1CC(Oc2ccc(C)c(F)c2)C12CCCCC2. The molecule has 0 heterocycles. The summed E-state index contributed by atoms with van der Waals surface area (Å²) >= 11 is 0. The van der Waals surface area contributed by atoms with Gasteiger partial charge in [0.15, 0.2) is 0 Å². The highest BCUT2D eigenvalue weighted by Gasteiger charge is 2.55. The van der Waals surface area contributed by atoms with Crippen molar-refractivity contribution >= 4 is 0 Å². The number of ether oxygens (including phenoxy) is 1. The van der Waals surface area contributed by atoms with Crippen molar-refractivity contribution in [3.8, 4) is 5.75 Å². The largest absolute Gasteiger partial charge is 0.490 e. The van der Waals surface area contributed by atoms with Crippen LogP contribution in [0.1, 0.15) is 44.1 Å². The van der Waals surface area contributed by atoms with Gasteiger partial charge in [0.2, 0.25) is 0 Å². The molecule has 2 aliphatic rings. The van der Waals surface area contributed by atoms with Crippen molar-refractivity contribution in [1.29, 1.82) is 0 Å². The molecule has 1 aromatic carbocycles. The molecule has 2 atom stereocenters. The van der Waals surface area contributed by atoms with Gasteiger partial charge in [-0.1, -0.05) is 25.3 Å². The first-order chi connectivity index (χ1) is 9.65. The Labute approximate surface area is 120 Å². The van der Waals surface area contributed by atoms with Gasteiger partial charge in [-0.2, -0.15) is 0 Å². The number of hydrogen-bond acceptors (Lipinski definition) is 2. The first-order valence-electron chi connectivity index (χ1n) is 7.76. The van der Waals surface area contributed by atoms with E-state index in [4.69, 9.17) is 4.74 Å². The van der Waals surface area contributed by atoms with E-state index >= 15 is 0 Å². The molecule has 2 aliphatic carbocycles. The molecule has 3 rings (SSSR count). The van der Waals surface area contributed by atoms with Crippen LogP contribution in [0.15, 0.2) is 18.2 Å². The molecule has 110 valence electrons. The van der Waals surface area contributed by atoms with Crippen LogP contribution < -0.4 is 10.1 Å². The van der Waals surface area contributed by atoms with Crippen molar-refractivity contribution < 1.29 is 9.13 Å². The molecule has 20 heavy (non-hydrogen) atoms. The molecule has 0 amide bonds. The maximum Gasteiger partial charge on any atom is 0.129 e. The van der Waals surface area contributed by atoms with Crippen LogP contribution in [0.2, 0.25) is 0 Å². The molecule has 0 aromatic heterocycles. The van der Waals surface area contributed by atoms with Crippen LogP contribution in [0, 0.1) is 18.2 Å². The highest BCUT2D eigenvalue weighted by molar-refractivity contribution is 5.29. The maximum absolute atomic E-state index is 13.6. The minimum absolute atomic E-state index is 0.176. The molecule has 2 saturated carbocycles. The molecule has 2 fully saturated rings. The smallest absolute Gasteiger partial charge is 0.129 e. The topological polar surface area (TPSA) is 21.3 Å². The molecule has 2 nitrogen and oxygen atoms in total.